The normalized spacial score (nSPS) is 13.7. The van der Waals surface area contributed by atoms with Crippen LogP contribution in [0.3, 0.4) is 0 Å². The first-order chi connectivity index (χ1) is 10.7. The molecule has 0 saturated heterocycles. The van der Waals surface area contributed by atoms with E-state index >= 15 is 0 Å². The van der Waals surface area contributed by atoms with Crippen LogP contribution in [0.1, 0.15) is 11.1 Å². The highest BCUT2D eigenvalue weighted by Crippen LogP contribution is 2.28. The lowest BCUT2D eigenvalue weighted by Crippen LogP contribution is -2.21. The molecule has 0 fully saturated rings. The maximum Gasteiger partial charge on any atom is 0.137 e. The molecule has 0 aliphatic carbocycles. The molecule has 0 spiro atoms. The van der Waals surface area contributed by atoms with E-state index in [1.54, 1.807) is 30.3 Å². The maximum atomic E-state index is 14.1. The molecular weight excluding hydrogens is 326 g/mol. The summed E-state index contributed by atoms with van der Waals surface area (Å²) in [5.41, 5.74) is 1.01. The highest BCUT2D eigenvalue weighted by molar-refractivity contribution is 6.35. The van der Waals surface area contributed by atoms with Crippen molar-refractivity contribution in [3.05, 3.63) is 63.4 Å². The van der Waals surface area contributed by atoms with Crippen LogP contribution in [-0.4, -0.2) is 18.9 Å². The number of hydrogen-bond donors (Lipinski definition) is 1. The summed E-state index contributed by atoms with van der Waals surface area (Å²) < 4.78 is 19.9. The average Bonchev–Trinajstić information content (AvgIpc) is 3.00. The van der Waals surface area contributed by atoms with Crippen LogP contribution in [0.4, 0.5) is 4.39 Å². The van der Waals surface area contributed by atoms with Crippen molar-refractivity contribution >= 4 is 29.0 Å². The zero-order chi connectivity index (χ0) is 15.5. The third kappa shape index (κ3) is 3.03. The van der Waals surface area contributed by atoms with E-state index in [-0.39, 0.29) is 12.4 Å². The largest absolute Gasteiger partial charge is 0.488 e. The zero-order valence-corrected chi connectivity index (χ0v) is 13.1. The van der Waals surface area contributed by atoms with Gasteiger partial charge >= 0.3 is 0 Å². The van der Waals surface area contributed by atoms with Crippen LogP contribution in [0.5, 0.6) is 5.75 Å². The monoisotopic (exact) mass is 338 g/mol. The highest BCUT2D eigenvalue weighted by atomic mass is 35.5. The van der Waals surface area contributed by atoms with Crippen LogP contribution in [0.25, 0.3) is 0 Å². The van der Waals surface area contributed by atoms with E-state index in [1.165, 1.54) is 6.07 Å². The molecule has 0 amide bonds. The second-order valence-corrected chi connectivity index (χ2v) is 5.57. The van der Waals surface area contributed by atoms with Crippen molar-refractivity contribution in [2.45, 2.75) is 6.61 Å². The van der Waals surface area contributed by atoms with Gasteiger partial charge in [-0.05, 0) is 24.3 Å². The molecule has 22 heavy (non-hydrogen) atoms. The van der Waals surface area contributed by atoms with Gasteiger partial charge in [-0.15, -0.1) is 0 Å². The predicted octanol–water partition coefficient (Wildman–Crippen LogP) is 4.06. The molecule has 114 valence electrons. The van der Waals surface area contributed by atoms with Crippen molar-refractivity contribution in [3.8, 4) is 5.75 Å². The van der Waals surface area contributed by atoms with E-state index in [0.29, 0.717) is 45.8 Å². The van der Waals surface area contributed by atoms with E-state index in [9.17, 15) is 4.39 Å². The van der Waals surface area contributed by atoms with Crippen molar-refractivity contribution in [2.24, 2.45) is 4.99 Å². The maximum absolute atomic E-state index is 14.1. The van der Waals surface area contributed by atoms with Crippen molar-refractivity contribution in [3.63, 3.8) is 0 Å². The number of nitrogens with one attached hydrogen (secondary N) is 1. The van der Waals surface area contributed by atoms with Crippen LogP contribution in [0, 0.1) is 5.82 Å². The minimum absolute atomic E-state index is 0.155. The fourth-order valence-corrected chi connectivity index (χ4v) is 2.75. The smallest absolute Gasteiger partial charge is 0.137 e. The van der Waals surface area contributed by atoms with Gasteiger partial charge in [0.05, 0.1) is 12.1 Å². The molecule has 0 atom stereocenters. The molecule has 0 saturated carbocycles. The SMILES string of the molecule is Fc1cccc(OCc2c(Cl)cccc2Cl)c1C1=NCCN1. The molecule has 1 aliphatic rings. The van der Waals surface area contributed by atoms with Crippen molar-refractivity contribution in [1.82, 2.24) is 5.32 Å². The van der Waals surface area contributed by atoms with Gasteiger partial charge in [0.15, 0.2) is 0 Å². The molecule has 1 aliphatic heterocycles. The lowest BCUT2D eigenvalue weighted by Gasteiger charge is -2.14. The zero-order valence-electron chi connectivity index (χ0n) is 11.6. The van der Waals surface area contributed by atoms with Gasteiger partial charge in [0.2, 0.25) is 0 Å². The molecule has 1 N–H and O–H groups in total. The first-order valence-electron chi connectivity index (χ1n) is 6.79. The Bertz CT molecular complexity index is 714. The van der Waals surface area contributed by atoms with Gasteiger partial charge in [-0.3, -0.25) is 4.99 Å². The van der Waals surface area contributed by atoms with Crippen molar-refractivity contribution in [1.29, 1.82) is 0 Å². The number of halogens is 3. The summed E-state index contributed by atoms with van der Waals surface area (Å²) in [5.74, 6) is 0.540. The molecule has 0 bridgehead atoms. The quantitative estimate of drug-likeness (QED) is 0.911. The average molecular weight is 339 g/mol. The van der Waals surface area contributed by atoms with Gasteiger partial charge in [0, 0.05) is 22.2 Å². The number of rotatable bonds is 4. The van der Waals surface area contributed by atoms with E-state index in [1.807, 2.05) is 0 Å². The molecule has 6 heteroatoms. The summed E-state index contributed by atoms with van der Waals surface area (Å²) in [5, 5.41) is 4.08. The Balaban J connectivity index is 1.88. The van der Waals surface area contributed by atoms with Gasteiger partial charge in [-0.25, -0.2) is 4.39 Å². The molecular formula is C16H13Cl2FN2O. The Kier molecular flexibility index (Phi) is 4.50. The summed E-state index contributed by atoms with van der Waals surface area (Å²) in [7, 11) is 0. The first kappa shape index (κ1) is 15.1. The van der Waals surface area contributed by atoms with Gasteiger partial charge in [-0.2, -0.15) is 0 Å². The number of aliphatic imine (C=N–C) groups is 1. The minimum atomic E-state index is -0.379. The number of benzene rings is 2. The van der Waals surface area contributed by atoms with Crippen LogP contribution in [-0.2, 0) is 6.61 Å². The lowest BCUT2D eigenvalue weighted by molar-refractivity contribution is 0.304. The van der Waals surface area contributed by atoms with E-state index in [4.69, 9.17) is 27.9 Å². The molecule has 2 aromatic carbocycles. The summed E-state index contributed by atoms with van der Waals surface area (Å²) in [6, 6.07) is 9.91. The molecule has 1 heterocycles. The fourth-order valence-electron chi connectivity index (χ4n) is 2.24. The summed E-state index contributed by atoms with van der Waals surface area (Å²) in [6.45, 7) is 1.47. The third-order valence-corrected chi connectivity index (χ3v) is 4.03. The van der Waals surface area contributed by atoms with Crippen LogP contribution in [0.2, 0.25) is 10.0 Å². The molecule has 2 aromatic rings. The first-order valence-corrected chi connectivity index (χ1v) is 7.55. The summed E-state index contributed by atoms with van der Waals surface area (Å²) in [6.07, 6.45) is 0. The highest BCUT2D eigenvalue weighted by Gasteiger charge is 2.19. The van der Waals surface area contributed by atoms with E-state index < -0.39 is 0 Å². The standard InChI is InChI=1S/C16H13Cl2FN2O/c17-11-3-1-4-12(18)10(11)9-22-14-6-2-5-13(19)15(14)16-20-7-8-21-16/h1-6H,7-9H2,(H,20,21). The number of ether oxygens (including phenoxy) is 1. The third-order valence-electron chi connectivity index (χ3n) is 3.32. The number of hydrogen-bond acceptors (Lipinski definition) is 3. The van der Waals surface area contributed by atoms with Crippen molar-refractivity contribution < 1.29 is 9.13 Å². The fraction of sp³-hybridized carbons (Fsp3) is 0.188. The molecule has 0 radical (unpaired) electrons. The van der Waals surface area contributed by atoms with Gasteiger partial charge < -0.3 is 10.1 Å². The van der Waals surface area contributed by atoms with Crippen molar-refractivity contribution in [2.75, 3.05) is 13.1 Å². The Morgan fingerprint density at radius 2 is 1.86 bits per heavy atom. The van der Waals surface area contributed by atoms with Crippen LogP contribution in [0.15, 0.2) is 41.4 Å². The van der Waals surface area contributed by atoms with E-state index in [0.717, 1.165) is 0 Å². The summed E-state index contributed by atoms with van der Waals surface area (Å²) >= 11 is 12.2. The Labute approximate surface area is 137 Å². The van der Waals surface area contributed by atoms with Crippen LogP contribution < -0.4 is 10.1 Å². The van der Waals surface area contributed by atoms with Gasteiger partial charge in [0.25, 0.3) is 0 Å². The Morgan fingerprint density at radius 3 is 2.55 bits per heavy atom. The molecule has 0 aromatic heterocycles. The Hall–Kier alpha value is -1.78. The van der Waals surface area contributed by atoms with Gasteiger partial charge in [-0.1, -0.05) is 35.3 Å². The second kappa shape index (κ2) is 6.55. The van der Waals surface area contributed by atoms with Crippen LogP contribution >= 0.6 is 23.2 Å². The number of amidine groups is 1. The lowest BCUT2D eigenvalue weighted by atomic mass is 10.1. The molecule has 3 rings (SSSR count). The molecule has 0 unspecified atom stereocenters. The molecule has 3 nitrogen and oxygen atoms in total. The Morgan fingerprint density at radius 1 is 1.14 bits per heavy atom. The summed E-state index contributed by atoms with van der Waals surface area (Å²) in [4.78, 5) is 4.25. The topological polar surface area (TPSA) is 33.6 Å². The predicted molar refractivity (Wildman–Crippen MR) is 86.6 cm³/mol. The second-order valence-electron chi connectivity index (χ2n) is 4.76. The minimum Gasteiger partial charge on any atom is -0.488 e. The van der Waals surface area contributed by atoms with E-state index in [2.05, 4.69) is 10.3 Å². The number of nitrogens with zero attached hydrogens (tertiary/aromatic N) is 1. The van der Waals surface area contributed by atoms with Gasteiger partial charge in [0.1, 0.15) is 24.0 Å².